The lowest BCUT2D eigenvalue weighted by molar-refractivity contribution is 0.408. The zero-order valence-electron chi connectivity index (χ0n) is 9.08. The van der Waals surface area contributed by atoms with E-state index in [0.717, 1.165) is 31.0 Å². The van der Waals surface area contributed by atoms with Crippen LogP contribution in [0.5, 0.6) is 0 Å². The molecule has 2 N–H and O–H groups in total. The van der Waals surface area contributed by atoms with Crippen molar-refractivity contribution in [1.82, 2.24) is 9.55 Å². The van der Waals surface area contributed by atoms with Crippen LogP contribution in [0.1, 0.15) is 37.5 Å². The average Bonchev–Trinajstić information content (AvgIpc) is 2.55. The molecule has 3 nitrogen and oxygen atoms in total. The van der Waals surface area contributed by atoms with Crippen LogP contribution in [0.2, 0.25) is 0 Å². The largest absolute Gasteiger partial charge is 0.332 e. The molecule has 14 heavy (non-hydrogen) atoms. The zero-order chi connectivity index (χ0) is 10.1. The third kappa shape index (κ3) is 1.46. The molecule has 0 fully saturated rings. The van der Waals surface area contributed by atoms with Crippen LogP contribution in [-0.2, 0) is 25.9 Å². The lowest BCUT2D eigenvalue weighted by Gasteiger charge is -2.22. The highest BCUT2D eigenvalue weighted by molar-refractivity contribution is 5.19. The topological polar surface area (TPSA) is 43.8 Å². The van der Waals surface area contributed by atoms with Crippen molar-refractivity contribution in [3.05, 3.63) is 17.2 Å². The summed E-state index contributed by atoms with van der Waals surface area (Å²) in [7, 11) is 0. The van der Waals surface area contributed by atoms with Crippen molar-refractivity contribution in [2.24, 2.45) is 11.7 Å². The highest BCUT2D eigenvalue weighted by Crippen LogP contribution is 2.24. The molecule has 0 aliphatic carbocycles. The number of aryl methyl sites for hydroxylation is 1. The predicted molar refractivity (Wildman–Crippen MR) is 57.0 cm³/mol. The fourth-order valence-electron chi connectivity index (χ4n) is 2.30. The number of rotatable bonds is 2. The summed E-state index contributed by atoms with van der Waals surface area (Å²) < 4.78 is 2.38. The highest BCUT2D eigenvalue weighted by atomic mass is 15.1. The van der Waals surface area contributed by atoms with Crippen LogP contribution in [0.25, 0.3) is 0 Å². The monoisotopic (exact) mass is 193 g/mol. The van der Waals surface area contributed by atoms with E-state index >= 15 is 0 Å². The van der Waals surface area contributed by atoms with Gasteiger partial charge in [0.2, 0.25) is 0 Å². The number of aromatic nitrogens is 2. The van der Waals surface area contributed by atoms with Gasteiger partial charge in [-0.1, -0.05) is 13.8 Å². The van der Waals surface area contributed by atoms with Gasteiger partial charge in [0.05, 0.1) is 5.69 Å². The van der Waals surface area contributed by atoms with Gasteiger partial charge >= 0.3 is 0 Å². The summed E-state index contributed by atoms with van der Waals surface area (Å²) in [6.07, 6.45) is 3.45. The van der Waals surface area contributed by atoms with E-state index in [-0.39, 0.29) is 0 Å². The molecule has 1 aromatic heterocycles. The van der Waals surface area contributed by atoms with Crippen molar-refractivity contribution in [3.63, 3.8) is 0 Å². The molecule has 1 aliphatic rings. The lowest BCUT2D eigenvalue weighted by atomic mass is 9.97. The fraction of sp³-hybridized carbons (Fsp3) is 0.727. The number of hydrogen-bond donors (Lipinski definition) is 1. The molecule has 2 rings (SSSR count). The van der Waals surface area contributed by atoms with Crippen LogP contribution in [0.3, 0.4) is 0 Å². The van der Waals surface area contributed by atoms with Crippen LogP contribution in [0.4, 0.5) is 0 Å². The first-order valence-corrected chi connectivity index (χ1v) is 5.53. The Balaban J connectivity index is 2.42. The van der Waals surface area contributed by atoms with Crippen LogP contribution in [0.15, 0.2) is 0 Å². The van der Waals surface area contributed by atoms with Crippen molar-refractivity contribution < 1.29 is 0 Å². The molecule has 0 aromatic carbocycles. The summed E-state index contributed by atoms with van der Waals surface area (Å²) in [5, 5.41) is 0. The number of imidazole rings is 1. The molecule has 0 amide bonds. The Bertz CT molecular complexity index is 328. The second kappa shape index (κ2) is 3.73. The Morgan fingerprint density at radius 3 is 3.00 bits per heavy atom. The maximum Gasteiger partial charge on any atom is 0.108 e. The van der Waals surface area contributed by atoms with Gasteiger partial charge in [-0.25, -0.2) is 4.98 Å². The van der Waals surface area contributed by atoms with E-state index < -0.39 is 0 Å². The van der Waals surface area contributed by atoms with E-state index in [4.69, 9.17) is 5.73 Å². The minimum atomic E-state index is 0.585. The molecular formula is C11H19N3. The lowest BCUT2D eigenvalue weighted by Crippen LogP contribution is -2.19. The standard InChI is InChI=1S/C11H19N3/c1-3-11-13-9(7-12)10-6-8(2)4-5-14(10)11/h8H,3-7,12H2,1-2H3. The molecule has 0 spiro atoms. The summed E-state index contributed by atoms with van der Waals surface area (Å²) in [6, 6.07) is 0. The van der Waals surface area contributed by atoms with E-state index in [0.29, 0.717) is 6.54 Å². The maximum absolute atomic E-state index is 5.71. The van der Waals surface area contributed by atoms with Crippen LogP contribution < -0.4 is 5.73 Å². The first kappa shape index (κ1) is 9.71. The fourth-order valence-corrected chi connectivity index (χ4v) is 2.30. The first-order chi connectivity index (χ1) is 6.76. The summed E-state index contributed by atoms with van der Waals surface area (Å²) in [5.74, 6) is 2.00. The van der Waals surface area contributed by atoms with Crippen LogP contribution >= 0.6 is 0 Å². The molecule has 2 heterocycles. The Hall–Kier alpha value is -0.830. The van der Waals surface area contributed by atoms with Crippen LogP contribution in [0, 0.1) is 5.92 Å². The molecule has 1 unspecified atom stereocenters. The molecule has 1 aromatic rings. The molecule has 0 radical (unpaired) electrons. The molecule has 0 saturated heterocycles. The van der Waals surface area contributed by atoms with Crippen molar-refractivity contribution >= 4 is 0 Å². The van der Waals surface area contributed by atoms with E-state index in [9.17, 15) is 0 Å². The number of nitrogens with zero attached hydrogens (tertiary/aromatic N) is 2. The second-order valence-corrected chi connectivity index (χ2v) is 4.23. The van der Waals surface area contributed by atoms with Crippen molar-refractivity contribution in [3.8, 4) is 0 Å². The van der Waals surface area contributed by atoms with E-state index in [1.165, 1.54) is 17.9 Å². The molecule has 0 bridgehead atoms. The van der Waals surface area contributed by atoms with Gasteiger partial charge in [-0.15, -0.1) is 0 Å². The van der Waals surface area contributed by atoms with Crippen molar-refractivity contribution in [2.75, 3.05) is 0 Å². The summed E-state index contributed by atoms with van der Waals surface area (Å²) >= 11 is 0. The molecule has 78 valence electrons. The van der Waals surface area contributed by atoms with Gasteiger partial charge in [0.15, 0.2) is 0 Å². The Morgan fingerprint density at radius 1 is 1.57 bits per heavy atom. The van der Waals surface area contributed by atoms with Gasteiger partial charge in [0.25, 0.3) is 0 Å². The summed E-state index contributed by atoms with van der Waals surface area (Å²) in [5.41, 5.74) is 8.22. The van der Waals surface area contributed by atoms with Crippen molar-refractivity contribution in [1.29, 1.82) is 0 Å². The quantitative estimate of drug-likeness (QED) is 0.773. The normalized spacial score (nSPS) is 20.9. The van der Waals surface area contributed by atoms with E-state index in [1.54, 1.807) is 0 Å². The first-order valence-electron chi connectivity index (χ1n) is 5.53. The minimum absolute atomic E-state index is 0.585. The number of hydrogen-bond acceptors (Lipinski definition) is 2. The van der Waals surface area contributed by atoms with Gasteiger partial charge in [0.1, 0.15) is 5.82 Å². The second-order valence-electron chi connectivity index (χ2n) is 4.23. The minimum Gasteiger partial charge on any atom is -0.332 e. The third-order valence-electron chi connectivity index (χ3n) is 3.13. The average molecular weight is 193 g/mol. The molecule has 0 saturated carbocycles. The Morgan fingerprint density at radius 2 is 2.36 bits per heavy atom. The van der Waals surface area contributed by atoms with Crippen LogP contribution in [-0.4, -0.2) is 9.55 Å². The molecule has 1 aliphatic heterocycles. The Labute approximate surface area is 85.3 Å². The molecular weight excluding hydrogens is 174 g/mol. The van der Waals surface area contributed by atoms with Gasteiger partial charge < -0.3 is 10.3 Å². The van der Waals surface area contributed by atoms with E-state index in [1.807, 2.05) is 0 Å². The maximum atomic E-state index is 5.71. The predicted octanol–water partition coefficient (Wildman–Crippen LogP) is 1.49. The smallest absolute Gasteiger partial charge is 0.108 e. The highest BCUT2D eigenvalue weighted by Gasteiger charge is 2.21. The molecule has 3 heteroatoms. The van der Waals surface area contributed by atoms with Gasteiger partial charge in [-0.3, -0.25) is 0 Å². The third-order valence-corrected chi connectivity index (χ3v) is 3.13. The SMILES string of the molecule is CCc1nc(CN)c2n1CCC(C)C2. The molecule has 1 atom stereocenters. The van der Waals surface area contributed by atoms with Gasteiger partial charge in [0, 0.05) is 25.2 Å². The van der Waals surface area contributed by atoms with Gasteiger partial charge in [-0.05, 0) is 18.8 Å². The van der Waals surface area contributed by atoms with Gasteiger partial charge in [-0.2, -0.15) is 0 Å². The number of nitrogens with two attached hydrogens (primary N) is 1. The van der Waals surface area contributed by atoms with Crippen molar-refractivity contribution in [2.45, 2.75) is 46.2 Å². The summed E-state index contributed by atoms with van der Waals surface area (Å²) in [6.45, 7) is 6.19. The zero-order valence-corrected chi connectivity index (χ0v) is 9.08. The van der Waals surface area contributed by atoms with E-state index in [2.05, 4.69) is 23.4 Å². The number of fused-ring (bicyclic) bond motifs is 1. The summed E-state index contributed by atoms with van der Waals surface area (Å²) in [4.78, 5) is 4.60. The Kier molecular flexibility index (Phi) is 2.59.